The quantitative estimate of drug-likeness (QED) is 0.309. The fourth-order valence-corrected chi connectivity index (χ4v) is 4.20. The smallest absolute Gasteiger partial charge is 0.324 e. The lowest BCUT2D eigenvalue weighted by atomic mass is 10.2. The number of aromatic nitrogens is 3. The second-order valence-electron chi connectivity index (χ2n) is 6.67. The van der Waals surface area contributed by atoms with Gasteiger partial charge in [0.15, 0.2) is 9.84 Å². The molecule has 1 aromatic heterocycles. The van der Waals surface area contributed by atoms with Crippen LogP contribution in [-0.2, 0) is 35.0 Å². The first-order chi connectivity index (χ1) is 16.7. The molecular formula is C18H18ClN5O9S3. The van der Waals surface area contributed by atoms with E-state index in [1.165, 1.54) is 24.3 Å². The van der Waals surface area contributed by atoms with E-state index in [1.807, 2.05) is 31.2 Å². The highest BCUT2D eigenvalue weighted by atomic mass is 35.5. The molecule has 0 amide bonds. The molecule has 3 N–H and O–H groups in total. The third kappa shape index (κ3) is 10.6. The van der Waals surface area contributed by atoms with Crippen molar-refractivity contribution in [1.82, 2.24) is 15.0 Å². The van der Waals surface area contributed by atoms with Crippen LogP contribution in [0.15, 0.2) is 53.4 Å². The van der Waals surface area contributed by atoms with Gasteiger partial charge >= 0.3 is 21.0 Å². The second-order valence-corrected chi connectivity index (χ2v) is 10.6. The Morgan fingerprint density at radius 3 is 2.00 bits per heavy atom. The van der Waals surface area contributed by atoms with Gasteiger partial charge in [0.25, 0.3) is 0 Å². The summed E-state index contributed by atoms with van der Waals surface area (Å²) in [5.74, 6) is -0.273. The first-order valence-electron chi connectivity index (χ1n) is 9.47. The van der Waals surface area contributed by atoms with Crippen LogP contribution in [0.2, 0.25) is 5.28 Å². The Hall–Kier alpha value is -3.22. The zero-order valence-corrected chi connectivity index (χ0v) is 21.4. The van der Waals surface area contributed by atoms with Gasteiger partial charge in [0.05, 0.1) is 17.3 Å². The fourth-order valence-electron chi connectivity index (χ4n) is 2.56. The maximum Gasteiger partial charge on any atom is 0.425 e. The van der Waals surface area contributed by atoms with Gasteiger partial charge in [-0.05, 0) is 60.5 Å². The lowest BCUT2D eigenvalue weighted by Gasteiger charge is -2.10. The van der Waals surface area contributed by atoms with Crippen molar-refractivity contribution in [3.05, 3.63) is 59.4 Å². The molecule has 3 rings (SSSR count). The zero-order valence-electron chi connectivity index (χ0n) is 18.2. The summed E-state index contributed by atoms with van der Waals surface area (Å²) < 4.78 is 83.5. The van der Waals surface area contributed by atoms with Gasteiger partial charge in [-0.25, -0.2) is 12.6 Å². The number of nitrogens with zero attached hydrogens (tertiary/aromatic N) is 3. The molecule has 0 saturated heterocycles. The highest BCUT2D eigenvalue weighted by Crippen LogP contribution is 2.21. The van der Waals surface area contributed by atoms with Gasteiger partial charge in [0.1, 0.15) is 0 Å². The van der Waals surface area contributed by atoms with Gasteiger partial charge in [0.2, 0.25) is 17.2 Å². The zero-order chi connectivity index (χ0) is 26.9. The van der Waals surface area contributed by atoms with Crippen molar-refractivity contribution in [2.45, 2.75) is 11.8 Å². The SMILES string of the molecule is Cc1cccc(Nc2nc(Cl)nc(Nc3ccc(S(=O)(=O)CCOS(=O)(=O)O)cc3)n2)c1.O=S(=O)=O. The third-order valence-corrected chi connectivity index (χ3v) is 6.26. The van der Waals surface area contributed by atoms with Crippen LogP contribution >= 0.6 is 11.6 Å². The van der Waals surface area contributed by atoms with E-state index in [0.29, 0.717) is 5.69 Å². The predicted molar refractivity (Wildman–Crippen MR) is 128 cm³/mol. The van der Waals surface area contributed by atoms with Gasteiger partial charge in [-0.15, -0.1) is 12.6 Å². The van der Waals surface area contributed by atoms with E-state index in [1.54, 1.807) is 0 Å². The predicted octanol–water partition coefficient (Wildman–Crippen LogP) is 1.91. The Labute approximate surface area is 212 Å². The summed E-state index contributed by atoms with van der Waals surface area (Å²) >= 11 is 5.99. The molecule has 0 fully saturated rings. The molecular weight excluding hydrogens is 562 g/mol. The molecule has 0 bridgehead atoms. The Morgan fingerprint density at radius 2 is 1.47 bits per heavy atom. The minimum atomic E-state index is -4.71. The van der Waals surface area contributed by atoms with E-state index in [2.05, 4.69) is 29.8 Å². The Balaban J connectivity index is 0.00000106. The molecule has 14 nitrogen and oxygen atoms in total. The summed E-state index contributed by atoms with van der Waals surface area (Å²) in [7, 11) is -11.6. The second kappa shape index (κ2) is 12.7. The van der Waals surface area contributed by atoms with E-state index in [4.69, 9.17) is 28.8 Å². The van der Waals surface area contributed by atoms with E-state index < -0.39 is 43.2 Å². The van der Waals surface area contributed by atoms with Crippen molar-refractivity contribution < 1.29 is 38.2 Å². The van der Waals surface area contributed by atoms with Crippen molar-refractivity contribution in [2.24, 2.45) is 0 Å². The fraction of sp³-hybridized carbons (Fsp3) is 0.167. The van der Waals surface area contributed by atoms with Crippen molar-refractivity contribution >= 4 is 65.7 Å². The number of nitrogens with one attached hydrogen (secondary N) is 2. The van der Waals surface area contributed by atoms with E-state index in [9.17, 15) is 16.8 Å². The molecule has 2 aromatic carbocycles. The van der Waals surface area contributed by atoms with Gasteiger partial charge in [-0.1, -0.05) is 12.1 Å². The molecule has 0 spiro atoms. The van der Waals surface area contributed by atoms with Gasteiger partial charge in [-0.3, -0.25) is 4.55 Å². The van der Waals surface area contributed by atoms with Crippen LogP contribution in [0.4, 0.5) is 23.3 Å². The Bertz CT molecular complexity index is 1530. The standard InChI is InChI=1S/C18H18ClN5O6S2.O3S/c1-12-3-2-4-14(11-12)21-18-23-16(19)22-17(24-18)20-13-5-7-15(8-6-13)31(25,26)10-9-30-32(27,28)29;1-4(2)3/h2-8,11H,9-10H2,1H3,(H,27,28,29)(H2,20,21,22,23,24);. The highest BCUT2D eigenvalue weighted by molar-refractivity contribution is 7.91. The van der Waals surface area contributed by atoms with Crippen LogP contribution < -0.4 is 10.6 Å². The van der Waals surface area contributed by atoms with Crippen LogP contribution in [0.1, 0.15) is 5.56 Å². The molecule has 0 aliphatic heterocycles. The van der Waals surface area contributed by atoms with E-state index >= 15 is 0 Å². The van der Waals surface area contributed by atoms with Crippen molar-refractivity contribution in [3.63, 3.8) is 0 Å². The van der Waals surface area contributed by atoms with Crippen LogP contribution in [0.5, 0.6) is 0 Å². The van der Waals surface area contributed by atoms with Gasteiger partial charge in [-0.2, -0.15) is 23.4 Å². The van der Waals surface area contributed by atoms with Crippen LogP contribution in [0, 0.1) is 6.92 Å². The van der Waals surface area contributed by atoms with Crippen LogP contribution in [0.25, 0.3) is 0 Å². The van der Waals surface area contributed by atoms with Crippen molar-refractivity contribution in [2.75, 3.05) is 23.0 Å². The van der Waals surface area contributed by atoms with Gasteiger partial charge in [0, 0.05) is 11.4 Å². The molecule has 1 heterocycles. The van der Waals surface area contributed by atoms with Crippen molar-refractivity contribution in [3.8, 4) is 0 Å². The molecule has 18 heteroatoms. The number of benzene rings is 2. The summed E-state index contributed by atoms with van der Waals surface area (Å²) in [6, 6.07) is 13.2. The number of hydrogen-bond donors (Lipinski definition) is 3. The average Bonchev–Trinajstić information content (AvgIpc) is 2.72. The summed E-state index contributed by atoms with van der Waals surface area (Å²) in [5, 5.41) is 5.89. The number of anilines is 4. The lowest BCUT2D eigenvalue weighted by Crippen LogP contribution is -2.15. The summed E-state index contributed by atoms with van der Waals surface area (Å²) in [6.45, 7) is 1.24. The molecule has 0 aliphatic carbocycles. The Morgan fingerprint density at radius 1 is 0.917 bits per heavy atom. The highest BCUT2D eigenvalue weighted by Gasteiger charge is 2.16. The number of sulfone groups is 1. The maximum atomic E-state index is 12.2. The van der Waals surface area contributed by atoms with Crippen molar-refractivity contribution in [1.29, 1.82) is 0 Å². The summed E-state index contributed by atoms with van der Waals surface area (Å²) in [5.41, 5.74) is 2.29. The van der Waals surface area contributed by atoms with E-state index in [0.717, 1.165) is 11.3 Å². The number of rotatable bonds is 9. The largest absolute Gasteiger partial charge is 0.425 e. The number of hydrogen-bond acceptors (Lipinski definition) is 13. The maximum absolute atomic E-state index is 12.2. The van der Waals surface area contributed by atoms with Crippen LogP contribution in [-0.4, -0.2) is 61.3 Å². The lowest BCUT2D eigenvalue weighted by molar-refractivity contribution is 0.284. The monoisotopic (exact) mass is 579 g/mol. The molecule has 0 saturated carbocycles. The first kappa shape index (κ1) is 29.0. The number of halogens is 1. The summed E-state index contributed by atoms with van der Waals surface area (Å²) in [4.78, 5) is 12.2. The molecule has 36 heavy (non-hydrogen) atoms. The normalized spacial score (nSPS) is 11.2. The molecule has 194 valence electrons. The minimum absolute atomic E-state index is 0.0457. The molecule has 3 aromatic rings. The van der Waals surface area contributed by atoms with E-state index in [-0.39, 0.29) is 22.1 Å². The molecule has 0 atom stereocenters. The topological polar surface area (TPSA) is 212 Å². The molecule has 0 radical (unpaired) electrons. The van der Waals surface area contributed by atoms with Gasteiger partial charge < -0.3 is 10.6 Å². The molecule has 0 unspecified atom stereocenters. The molecule has 0 aliphatic rings. The minimum Gasteiger partial charge on any atom is -0.324 e. The first-order valence-corrected chi connectivity index (χ1v) is 13.9. The van der Waals surface area contributed by atoms with Crippen LogP contribution in [0.3, 0.4) is 0 Å². The third-order valence-electron chi connectivity index (χ3n) is 3.94. The average molecular weight is 580 g/mol. The number of aryl methyl sites for hydroxylation is 1. The summed E-state index contributed by atoms with van der Waals surface area (Å²) in [6.07, 6.45) is 0. The Kier molecular flexibility index (Phi) is 10.2.